The van der Waals surface area contributed by atoms with E-state index in [2.05, 4.69) is 22.5 Å². The van der Waals surface area contributed by atoms with E-state index in [4.69, 9.17) is 12.2 Å². The molecular formula is C6H12N4S. The van der Waals surface area contributed by atoms with Crippen molar-refractivity contribution in [1.82, 2.24) is 14.9 Å². The molecule has 0 aliphatic rings. The Hall–Kier alpha value is -0.840. The van der Waals surface area contributed by atoms with Gasteiger partial charge >= 0.3 is 0 Å². The molecule has 0 aliphatic heterocycles. The number of nitrogens with one attached hydrogen (secondary N) is 2. The largest absolute Gasteiger partial charge is 0.322 e. The molecule has 0 aliphatic carbocycles. The molecule has 0 spiro atoms. The van der Waals surface area contributed by atoms with Crippen molar-refractivity contribution in [2.24, 2.45) is 0 Å². The van der Waals surface area contributed by atoms with E-state index in [0.717, 1.165) is 18.8 Å². The van der Waals surface area contributed by atoms with E-state index in [1.807, 2.05) is 6.92 Å². The lowest BCUT2D eigenvalue weighted by Crippen LogP contribution is -2.16. The number of aromatic nitrogens is 3. The zero-order valence-electron chi connectivity index (χ0n) is 6.72. The van der Waals surface area contributed by atoms with Crippen molar-refractivity contribution in [3.63, 3.8) is 0 Å². The highest BCUT2D eigenvalue weighted by molar-refractivity contribution is 7.71. The topological polar surface area (TPSA) is 45.6 Å². The van der Waals surface area contributed by atoms with Gasteiger partial charge in [-0.25, -0.2) is 4.68 Å². The summed E-state index contributed by atoms with van der Waals surface area (Å²) in [5.41, 5.74) is 3.13. The fraction of sp³-hybridized carbons (Fsp3) is 0.667. The van der Waals surface area contributed by atoms with Crippen molar-refractivity contribution in [1.29, 1.82) is 0 Å². The first-order valence-electron chi connectivity index (χ1n) is 3.63. The van der Waals surface area contributed by atoms with E-state index >= 15 is 0 Å². The third-order valence-corrected chi connectivity index (χ3v) is 1.63. The van der Waals surface area contributed by atoms with Crippen LogP contribution in [0.2, 0.25) is 0 Å². The summed E-state index contributed by atoms with van der Waals surface area (Å²) in [5, 5.41) is 6.65. The molecule has 0 radical (unpaired) electrons. The molecule has 0 bridgehead atoms. The van der Waals surface area contributed by atoms with Crippen molar-refractivity contribution in [2.45, 2.75) is 20.3 Å². The maximum absolute atomic E-state index is 4.97. The lowest BCUT2D eigenvalue weighted by atomic mass is 10.5. The minimum Gasteiger partial charge on any atom is -0.322 e. The quantitative estimate of drug-likeness (QED) is 0.673. The summed E-state index contributed by atoms with van der Waals surface area (Å²) < 4.78 is 2.40. The monoisotopic (exact) mass is 172 g/mol. The van der Waals surface area contributed by atoms with Gasteiger partial charge in [-0.3, -0.25) is 5.10 Å². The third kappa shape index (κ3) is 1.80. The predicted octanol–water partition coefficient (Wildman–Crippen LogP) is 1.20. The molecule has 2 N–H and O–H groups in total. The third-order valence-electron chi connectivity index (χ3n) is 1.36. The van der Waals surface area contributed by atoms with Crippen LogP contribution >= 0.6 is 12.2 Å². The molecule has 0 saturated carbocycles. The van der Waals surface area contributed by atoms with Gasteiger partial charge in [0.2, 0.25) is 4.77 Å². The van der Waals surface area contributed by atoms with E-state index in [1.165, 1.54) is 0 Å². The van der Waals surface area contributed by atoms with Gasteiger partial charge in [0.25, 0.3) is 0 Å². The van der Waals surface area contributed by atoms with Crippen LogP contribution in [0.15, 0.2) is 0 Å². The lowest BCUT2D eigenvalue weighted by molar-refractivity contribution is 0.773. The SMILES string of the molecule is CCCNn1c(C)n[nH]c1=S. The molecular weight excluding hydrogens is 160 g/mol. The number of H-pyrrole nitrogens is 1. The number of hydrogen-bond acceptors (Lipinski definition) is 3. The number of hydrogen-bond donors (Lipinski definition) is 2. The number of rotatable bonds is 3. The fourth-order valence-corrected chi connectivity index (χ4v) is 1.03. The Balaban J connectivity index is 2.75. The summed E-state index contributed by atoms with van der Waals surface area (Å²) in [7, 11) is 0. The van der Waals surface area contributed by atoms with Crippen molar-refractivity contribution in [3.8, 4) is 0 Å². The van der Waals surface area contributed by atoms with E-state index in [1.54, 1.807) is 4.68 Å². The summed E-state index contributed by atoms with van der Waals surface area (Å²) in [5.74, 6) is 0.864. The van der Waals surface area contributed by atoms with E-state index in [0.29, 0.717) is 4.77 Å². The van der Waals surface area contributed by atoms with Crippen LogP contribution in [0.1, 0.15) is 19.2 Å². The maximum Gasteiger partial charge on any atom is 0.214 e. The van der Waals surface area contributed by atoms with Crippen LogP contribution in [-0.2, 0) is 0 Å². The van der Waals surface area contributed by atoms with Gasteiger partial charge in [0.1, 0.15) is 5.82 Å². The second-order valence-corrected chi connectivity index (χ2v) is 2.71. The molecule has 0 unspecified atom stereocenters. The van der Waals surface area contributed by atoms with Gasteiger partial charge in [-0.2, -0.15) is 5.10 Å². The van der Waals surface area contributed by atoms with Crippen molar-refractivity contribution in [2.75, 3.05) is 12.0 Å². The van der Waals surface area contributed by atoms with Gasteiger partial charge in [0.15, 0.2) is 0 Å². The van der Waals surface area contributed by atoms with Gasteiger partial charge in [0, 0.05) is 6.54 Å². The Morgan fingerprint density at radius 3 is 2.91 bits per heavy atom. The minimum absolute atomic E-state index is 0.621. The van der Waals surface area contributed by atoms with Crippen molar-refractivity contribution >= 4 is 12.2 Å². The molecule has 1 aromatic heterocycles. The number of aromatic amines is 1. The highest BCUT2D eigenvalue weighted by Gasteiger charge is 1.96. The molecule has 4 nitrogen and oxygen atoms in total. The summed E-state index contributed by atoms with van der Waals surface area (Å²) in [6, 6.07) is 0. The molecule has 11 heavy (non-hydrogen) atoms. The average molecular weight is 172 g/mol. The van der Waals surface area contributed by atoms with Crippen LogP contribution in [0.3, 0.4) is 0 Å². The highest BCUT2D eigenvalue weighted by atomic mass is 32.1. The molecule has 0 aromatic carbocycles. The summed E-state index contributed by atoms with van der Waals surface area (Å²) in [6.07, 6.45) is 1.08. The maximum atomic E-state index is 4.97. The Morgan fingerprint density at radius 1 is 1.73 bits per heavy atom. The Kier molecular flexibility index (Phi) is 2.64. The minimum atomic E-state index is 0.621. The summed E-state index contributed by atoms with van der Waals surface area (Å²) in [6.45, 7) is 4.91. The molecule has 5 heteroatoms. The fourth-order valence-electron chi connectivity index (χ4n) is 0.786. The Morgan fingerprint density at radius 2 is 2.45 bits per heavy atom. The second-order valence-electron chi connectivity index (χ2n) is 2.32. The van der Waals surface area contributed by atoms with E-state index in [9.17, 15) is 0 Å². The first kappa shape index (κ1) is 8.26. The second kappa shape index (κ2) is 3.52. The predicted molar refractivity (Wildman–Crippen MR) is 46.7 cm³/mol. The van der Waals surface area contributed by atoms with Crippen LogP contribution < -0.4 is 5.43 Å². The number of nitrogens with zero attached hydrogens (tertiary/aromatic N) is 2. The first-order valence-corrected chi connectivity index (χ1v) is 4.04. The average Bonchev–Trinajstić information content (AvgIpc) is 2.29. The van der Waals surface area contributed by atoms with Gasteiger partial charge in [-0.1, -0.05) is 6.92 Å². The van der Waals surface area contributed by atoms with Gasteiger partial charge in [0.05, 0.1) is 0 Å². The Labute approximate surface area is 70.6 Å². The first-order chi connectivity index (χ1) is 5.25. The van der Waals surface area contributed by atoms with Crippen LogP contribution in [0.25, 0.3) is 0 Å². The normalized spacial score (nSPS) is 10.0. The zero-order chi connectivity index (χ0) is 8.27. The summed E-state index contributed by atoms with van der Waals surface area (Å²) >= 11 is 4.97. The molecule has 62 valence electrons. The highest BCUT2D eigenvalue weighted by Crippen LogP contribution is 1.90. The standard InChI is InChI=1S/C6H12N4S/c1-3-4-7-10-5(2)8-9-6(10)11/h7H,3-4H2,1-2H3,(H,9,11). The van der Waals surface area contributed by atoms with Gasteiger partial charge < -0.3 is 5.43 Å². The zero-order valence-corrected chi connectivity index (χ0v) is 7.53. The van der Waals surface area contributed by atoms with Crippen LogP contribution in [0.4, 0.5) is 0 Å². The molecule has 0 amide bonds. The van der Waals surface area contributed by atoms with Crippen LogP contribution in [-0.4, -0.2) is 21.4 Å². The molecule has 1 heterocycles. The van der Waals surface area contributed by atoms with Crippen molar-refractivity contribution < 1.29 is 0 Å². The molecule has 0 saturated heterocycles. The van der Waals surface area contributed by atoms with E-state index in [-0.39, 0.29) is 0 Å². The summed E-state index contributed by atoms with van der Waals surface area (Å²) in [4.78, 5) is 0. The smallest absolute Gasteiger partial charge is 0.214 e. The van der Waals surface area contributed by atoms with E-state index < -0.39 is 0 Å². The molecule has 0 fully saturated rings. The molecule has 1 aromatic rings. The Bertz CT molecular complexity index is 274. The van der Waals surface area contributed by atoms with Gasteiger partial charge in [-0.15, -0.1) is 0 Å². The molecule has 1 rings (SSSR count). The lowest BCUT2D eigenvalue weighted by Gasteiger charge is -2.04. The van der Waals surface area contributed by atoms with Crippen LogP contribution in [0.5, 0.6) is 0 Å². The van der Waals surface area contributed by atoms with Crippen molar-refractivity contribution in [3.05, 3.63) is 10.6 Å². The number of aryl methyl sites for hydroxylation is 1. The van der Waals surface area contributed by atoms with Gasteiger partial charge in [-0.05, 0) is 25.6 Å². The van der Waals surface area contributed by atoms with Crippen LogP contribution in [0, 0.1) is 11.7 Å². The molecule has 0 atom stereocenters.